The highest BCUT2D eigenvalue weighted by Crippen LogP contribution is 2.33. The highest BCUT2D eigenvalue weighted by atomic mass is 19.4. The summed E-state index contributed by atoms with van der Waals surface area (Å²) in [5, 5.41) is 7.65. The molecule has 11 heteroatoms. The number of anilines is 1. The van der Waals surface area contributed by atoms with Crippen molar-refractivity contribution in [2.45, 2.75) is 37.9 Å². The van der Waals surface area contributed by atoms with E-state index in [4.69, 9.17) is 4.74 Å². The Bertz CT molecular complexity index is 1150. The van der Waals surface area contributed by atoms with Crippen LogP contribution in [0.15, 0.2) is 30.5 Å². The number of aldehydes is 1. The third-order valence-electron chi connectivity index (χ3n) is 5.50. The molecule has 0 bridgehead atoms. The maximum atomic E-state index is 12.9. The zero-order valence-corrected chi connectivity index (χ0v) is 17.1. The predicted molar refractivity (Wildman–Crippen MR) is 108 cm³/mol. The van der Waals surface area contributed by atoms with Gasteiger partial charge < -0.3 is 14.8 Å². The summed E-state index contributed by atoms with van der Waals surface area (Å²) in [7, 11) is 1.37. The van der Waals surface area contributed by atoms with E-state index < -0.39 is 17.8 Å². The molecule has 1 aliphatic carbocycles. The largest absolute Gasteiger partial charge is 0.479 e. The molecule has 0 saturated heterocycles. The van der Waals surface area contributed by atoms with Crippen LogP contribution in [0.3, 0.4) is 0 Å². The van der Waals surface area contributed by atoms with Crippen molar-refractivity contribution >= 4 is 28.9 Å². The van der Waals surface area contributed by atoms with Crippen molar-refractivity contribution in [2.24, 2.45) is 5.92 Å². The lowest BCUT2D eigenvalue weighted by Crippen LogP contribution is -2.19. The molecule has 4 rings (SSSR count). The van der Waals surface area contributed by atoms with Gasteiger partial charge in [0.1, 0.15) is 23.4 Å². The summed E-state index contributed by atoms with van der Waals surface area (Å²) < 4.78 is 45.7. The van der Waals surface area contributed by atoms with Crippen molar-refractivity contribution in [1.29, 1.82) is 0 Å². The van der Waals surface area contributed by atoms with E-state index in [1.54, 1.807) is 16.9 Å². The number of methoxy groups -OCH3 is 1. The second kappa shape index (κ2) is 8.56. The summed E-state index contributed by atoms with van der Waals surface area (Å²) in [6.07, 6.45) is 1.37. The normalized spacial score (nSPS) is 19.0. The van der Waals surface area contributed by atoms with Crippen molar-refractivity contribution in [3.8, 4) is 5.88 Å². The third kappa shape index (κ3) is 4.41. The number of hydrogen-bond acceptors (Lipinski definition) is 6. The lowest BCUT2D eigenvalue weighted by Gasteiger charge is -2.25. The number of carbonyl (C=O) groups excluding carboxylic acids is 2. The Morgan fingerprint density at radius 1 is 1.22 bits per heavy atom. The maximum absolute atomic E-state index is 12.9. The number of carbonyl (C=O) groups is 2. The fourth-order valence-corrected chi connectivity index (χ4v) is 3.80. The summed E-state index contributed by atoms with van der Waals surface area (Å²) in [6.45, 7) is 0. The summed E-state index contributed by atoms with van der Waals surface area (Å²) in [6, 6.07) is 4.84. The SMILES string of the molecule is COc1nc2nn(C3CCC(C=O)CC3)cc2cc1NC(=O)c1cccc(C(F)(F)F)n1. The zero-order valence-electron chi connectivity index (χ0n) is 17.1. The molecule has 1 N–H and O–H groups in total. The molecule has 3 aromatic heterocycles. The van der Waals surface area contributed by atoms with E-state index in [-0.39, 0.29) is 29.2 Å². The highest BCUT2D eigenvalue weighted by molar-refractivity contribution is 6.04. The summed E-state index contributed by atoms with van der Waals surface area (Å²) in [5.41, 5.74) is -0.941. The van der Waals surface area contributed by atoms with Crippen LogP contribution < -0.4 is 10.1 Å². The Balaban J connectivity index is 1.59. The molecule has 1 aliphatic rings. The molecular formula is C21H20F3N5O3. The smallest absolute Gasteiger partial charge is 0.433 e. The van der Waals surface area contributed by atoms with Gasteiger partial charge in [0.15, 0.2) is 5.65 Å². The number of rotatable bonds is 5. The molecule has 8 nitrogen and oxygen atoms in total. The average Bonchev–Trinajstić information content (AvgIpc) is 3.21. The summed E-state index contributed by atoms with van der Waals surface area (Å²) in [4.78, 5) is 31.2. The lowest BCUT2D eigenvalue weighted by molar-refractivity contribution is -0.141. The van der Waals surface area contributed by atoms with Gasteiger partial charge in [0.25, 0.3) is 5.91 Å². The molecule has 3 heterocycles. The number of alkyl halides is 3. The average molecular weight is 447 g/mol. The van der Waals surface area contributed by atoms with E-state index in [1.807, 2.05) is 0 Å². The Labute approximate surface area is 180 Å². The first-order valence-electron chi connectivity index (χ1n) is 10.0. The first-order valence-corrected chi connectivity index (χ1v) is 10.0. The topological polar surface area (TPSA) is 99.0 Å². The number of amides is 1. The van der Waals surface area contributed by atoms with E-state index in [9.17, 15) is 22.8 Å². The monoisotopic (exact) mass is 447 g/mol. The number of fused-ring (bicyclic) bond motifs is 1. The number of nitrogens with zero attached hydrogens (tertiary/aromatic N) is 4. The van der Waals surface area contributed by atoms with Gasteiger partial charge in [0.2, 0.25) is 5.88 Å². The number of halogens is 3. The van der Waals surface area contributed by atoms with Gasteiger partial charge in [-0.15, -0.1) is 0 Å². The van der Waals surface area contributed by atoms with E-state index in [2.05, 4.69) is 20.4 Å². The van der Waals surface area contributed by atoms with Gasteiger partial charge in [-0.25, -0.2) is 4.98 Å². The lowest BCUT2D eigenvalue weighted by atomic mass is 9.87. The van der Waals surface area contributed by atoms with Crippen LogP contribution in [-0.2, 0) is 11.0 Å². The van der Waals surface area contributed by atoms with Crippen LogP contribution in [0, 0.1) is 5.92 Å². The Morgan fingerprint density at radius 3 is 2.62 bits per heavy atom. The predicted octanol–water partition coefficient (Wildman–Crippen LogP) is 4.04. The Morgan fingerprint density at radius 2 is 1.97 bits per heavy atom. The minimum Gasteiger partial charge on any atom is -0.479 e. The Kier molecular flexibility index (Phi) is 5.81. The van der Waals surface area contributed by atoms with E-state index >= 15 is 0 Å². The Hall–Kier alpha value is -3.50. The molecule has 0 aromatic carbocycles. The van der Waals surface area contributed by atoms with Gasteiger partial charge in [-0.1, -0.05) is 6.07 Å². The zero-order chi connectivity index (χ0) is 22.9. The third-order valence-corrected chi connectivity index (χ3v) is 5.50. The van der Waals surface area contributed by atoms with Gasteiger partial charge in [0.05, 0.1) is 13.2 Å². The van der Waals surface area contributed by atoms with E-state index in [0.29, 0.717) is 11.0 Å². The first kappa shape index (κ1) is 21.7. The van der Waals surface area contributed by atoms with Crippen molar-refractivity contribution in [1.82, 2.24) is 19.7 Å². The molecule has 1 amide bonds. The molecule has 32 heavy (non-hydrogen) atoms. The molecule has 1 fully saturated rings. The minimum atomic E-state index is -4.66. The van der Waals surface area contributed by atoms with Gasteiger partial charge in [0, 0.05) is 17.5 Å². The van der Waals surface area contributed by atoms with Crippen LogP contribution in [-0.4, -0.2) is 39.1 Å². The van der Waals surface area contributed by atoms with Crippen LogP contribution in [0.1, 0.15) is 47.9 Å². The van der Waals surface area contributed by atoms with Gasteiger partial charge in [-0.05, 0) is 43.9 Å². The second-order valence-corrected chi connectivity index (χ2v) is 7.63. The molecule has 3 aromatic rings. The molecule has 168 valence electrons. The van der Waals surface area contributed by atoms with Crippen LogP contribution >= 0.6 is 0 Å². The van der Waals surface area contributed by atoms with Crippen molar-refractivity contribution in [3.05, 3.63) is 41.9 Å². The molecule has 0 aliphatic heterocycles. The quantitative estimate of drug-likeness (QED) is 0.593. The molecule has 0 radical (unpaired) electrons. The second-order valence-electron chi connectivity index (χ2n) is 7.63. The number of nitrogens with one attached hydrogen (secondary N) is 1. The highest BCUT2D eigenvalue weighted by Gasteiger charge is 2.33. The minimum absolute atomic E-state index is 0.0766. The van der Waals surface area contributed by atoms with Crippen molar-refractivity contribution < 1.29 is 27.5 Å². The summed E-state index contributed by atoms with van der Waals surface area (Å²) >= 11 is 0. The van der Waals surface area contributed by atoms with Gasteiger partial charge in [-0.2, -0.15) is 23.3 Å². The van der Waals surface area contributed by atoms with Crippen molar-refractivity contribution in [3.63, 3.8) is 0 Å². The number of hydrogen-bond donors (Lipinski definition) is 1. The maximum Gasteiger partial charge on any atom is 0.433 e. The van der Waals surface area contributed by atoms with E-state index in [1.165, 1.54) is 13.2 Å². The molecule has 0 unspecified atom stereocenters. The van der Waals surface area contributed by atoms with E-state index in [0.717, 1.165) is 44.1 Å². The van der Waals surface area contributed by atoms with Crippen molar-refractivity contribution in [2.75, 3.05) is 12.4 Å². The number of pyridine rings is 2. The fraction of sp³-hybridized carbons (Fsp3) is 0.381. The molecule has 0 atom stereocenters. The van der Waals surface area contributed by atoms with Crippen LogP contribution in [0.5, 0.6) is 5.88 Å². The van der Waals surface area contributed by atoms with Gasteiger partial charge >= 0.3 is 6.18 Å². The first-order chi connectivity index (χ1) is 15.3. The fourth-order valence-electron chi connectivity index (χ4n) is 3.80. The molecular weight excluding hydrogens is 427 g/mol. The van der Waals surface area contributed by atoms with Crippen LogP contribution in [0.2, 0.25) is 0 Å². The van der Waals surface area contributed by atoms with Crippen LogP contribution in [0.25, 0.3) is 11.0 Å². The number of ether oxygens (including phenoxy) is 1. The van der Waals surface area contributed by atoms with Crippen LogP contribution in [0.4, 0.5) is 18.9 Å². The number of aromatic nitrogens is 4. The standard InChI is InChI=1S/C21H20F3N5O3/c1-32-20-16(26-19(31)15-3-2-4-17(25-15)21(22,23)24)9-13-10-29(28-18(13)27-20)14-7-5-12(11-30)6-8-14/h2-4,9-12,14H,5-8H2,1H3,(H,26,31). The molecule has 1 saturated carbocycles. The summed E-state index contributed by atoms with van der Waals surface area (Å²) in [5.74, 6) is -0.663. The molecule has 0 spiro atoms. The van der Waals surface area contributed by atoms with Gasteiger partial charge in [-0.3, -0.25) is 9.48 Å².